The first-order chi connectivity index (χ1) is 7.18. The Morgan fingerprint density at radius 1 is 1.53 bits per heavy atom. The van der Waals surface area contributed by atoms with E-state index < -0.39 is 5.60 Å². The molecule has 1 aromatic heterocycles. The SMILES string of the molecule is COC1CCCCC1(O)c1cscc1Br. The number of methoxy groups -OCH3 is 1. The Kier molecular flexibility index (Phi) is 3.50. The Balaban J connectivity index is 2.34. The summed E-state index contributed by atoms with van der Waals surface area (Å²) in [4.78, 5) is 0. The third-order valence-corrected chi connectivity index (χ3v) is 4.88. The molecular weight excluding hydrogens is 276 g/mol. The zero-order valence-electron chi connectivity index (χ0n) is 8.70. The molecule has 4 heteroatoms. The topological polar surface area (TPSA) is 29.5 Å². The Morgan fingerprint density at radius 2 is 2.33 bits per heavy atom. The van der Waals surface area contributed by atoms with Gasteiger partial charge in [0.05, 0.1) is 6.10 Å². The molecule has 1 fully saturated rings. The van der Waals surface area contributed by atoms with E-state index in [1.54, 1.807) is 18.4 Å². The van der Waals surface area contributed by atoms with Crippen LogP contribution >= 0.6 is 27.3 Å². The first kappa shape index (κ1) is 11.6. The zero-order chi connectivity index (χ0) is 10.9. The largest absolute Gasteiger partial charge is 0.382 e. The highest BCUT2D eigenvalue weighted by atomic mass is 79.9. The van der Waals surface area contributed by atoms with Crippen molar-refractivity contribution < 1.29 is 9.84 Å². The standard InChI is InChI=1S/C11H15BrO2S/c1-14-10-4-2-3-5-11(10,13)8-6-15-7-9(8)12/h6-7,10,13H,2-5H2,1H3. The number of rotatable bonds is 2. The van der Waals surface area contributed by atoms with Crippen molar-refractivity contribution in [1.29, 1.82) is 0 Å². The van der Waals surface area contributed by atoms with Gasteiger partial charge in [-0.15, -0.1) is 0 Å². The summed E-state index contributed by atoms with van der Waals surface area (Å²) >= 11 is 5.10. The van der Waals surface area contributed by atoms with Gasteiger partial charge in [-0.05, 0) is 34.2 Å². The van der Waals surface area contributed by atoms with E-state index >= 15 is 0 Å². The molecule has 2 rings (SSSR count). The van der Waals surface area contributed by atoms with Gasteiger partial charge >= 0.3 is 0 Å². The number of hydrogen-bond acceptors (Lipinski definition) is 3. The Labute approximate surface area is 102 Å². The second-order valence-corrected chi connectivity index (χ2v) is 5.63. The number of halogens is 1. The van der Waals surface area contributed by atoms with Crippen LogP contribution in [0.25, 0.3) is 0 Å². The molecule has 1 N–H and O–H groups in total. The van der Waals surface area contributed by atoms with Crippen LogP contribution in [0.4, 0.5) is 0 Å². The monoisotopic (exact) mass is 290 g/mol. The van der Waals surface area contributed by atoms with Crippen LogP contribution in [-0.4, -0.2) is 18.3 Å². The van der Waals surface area contributed by atoms with Crippen LogP contribution in [0.1, 0.15) is 31.2 Å². The van der Waals surface area contributed by atoms with Gasteiger partial charge in [-0.3, -0.25) is 0 Å². The van der Waals surface area contributed by atoms with Crippen LogP contribution in [-0.2, 0) is 10.3 Å². The number of aliphatic hydroxyl groups is 1. The first-order valence-corrected chi connectivity index (χ1v) is 6.89. The van der Waals surface area contributed by atoms with Gasteiger partial charge in [-0.25, -0.2) is 0 Å². The molecule has 2 unspecified atom stereocenters. The van der Waals surface area contributed by atoms with Crippen molar-refractivity contribution >= 4 is 27.3 Å². The van der Waals surface area contributed by atoms with Gasteiger partial charge in [-0.1, -0.05) is 12.8 Å². The maximum Gasteiger partial charge on any atom is 0.118 e. The van der Waals surface area contributed by atoms with Gasteiger partial charge in [0.25, 0.3) is 0 Å². The Hall–Kier alpha value is 0.100. The molecule has 84 valence electrons. The van der Waals surface area contributed by atoms with Crippen LogP contribution in [0.5, 0.6) is 0 Å². The fourth-order valence-electron chi connectivity index (χ4n) is 2.34. The molecule has 15 heavy (non-hydrogen) atoms. The minimum absolute atomic E-state index is 0.0721. The molecule has 0 amide bonds. The lowest BCUT2D eigenvalue weighted by Gasteiger charge is -2.39. The molecule has 1 saturated carbocycles. The van der Waals surface area contributed by atoms with Crippen LogP contribution < -0.4 is 0 Å². The minimum Gasteiger partial charge on any atom is -0.382 e. The van der Waals surface area contributed by atoms with Crippen molar-refractivity contribution in [1.82, 2.24) is 0 Å². The van der Waals surface area contributed by atoms with Gasteiger partial charge in [-0.2, -0.15) is 11.3 Å². The zero-order valence-corrected chi connectivity index (χ0v) is 11.1. The lowest BCUT2D eigenvalue weighted by atomic mass is 9.78. The summed E-state index contributed by atoms with van der Waals surface area (Å²) in [6, 6.07) is 0. The quantitative estimate of drug-likeness (QED) is 0.906. The predicted octanol–water partition coefficient (Wildman–Crippen LogP) is 3.29. The van der Waals surface area contributed by atoms with Crippen LogP contribution in [0.3, 0.4) is 0 Å². The predicted molar refractivity (Wildman–Crippen MR) is 65.2 cm³/mol. The minimum atomic E-state index is -0.800. The molecule has 1 aliphatic carbocycles. The van der Waals surface area contributed by atoms with Crippen molar-refractivity contribution in [2.24, 2.45) is 0 Å². The number of ether oxygens (including phenoxy) is 1. The van der Waals surface area contributed by atoms with Gasteiger partial charge in [0.15, 0.2) is 0 Å². The van der Waals surface area contributed by atoms with Crippen LogP contribution in [0.2, 0.25) is 0 Å². The fraction of sp³-hybridized carbons (Fsp3) is 0.636. The van der Waals surface area contributed by atoms with E-state index in [1.165, 1.54) is 0 Å². The molecule has 2 atom stereocenters. The third-order valence-electron chi connectivity index (χ3n) is 3.17. The van der Waals surface area contributed by atoms with Gasteiger partial charge in [0, 0.05) is 22.5 Å². The molecule has 0 aromatic carbocycles. The average molecular weight is 291 g/mol. The van der Waals surface area contributed by atoms with Gasteiger partial charge < -0.3 is 9.84 Å². The molecule has 0 spiro atoms. The first-order valence-electron chi connectivity index (χ1n) is 5.16. The second kappa shape index (κ2) is 4.53. The second-order valence-electron chi connectivity index (χ2n) is 4.03. The molecule has 0 aliphatic heterocycles. The van der Waals surface area contributed by atoms with Gasteiger partial charge in [0.2, 0.25) is 0 Å². The molecule has 0 radical (unpaired) electrons. The summed E-state index contributed by atoms with van der Waals surface area (Å²) in [5.74, 6) is 0. The van der Waals surface area contributed by atoms with Crippen molar-refractivity contribution in [2.45, 2.75) is 37.4 Å². The lowest BCUT2D eigenvalue weighted by Crippen LogP contribution is -2.43. The maximum absolute atomic E-state index is 10.7. The van der Waals surface area contributed by atoms with Crippen molar-refractivity contribution in [3.63, 3.8) is 0 Å². The summed E-state index contributed by atoms with van der Waals surface area (Å²) in [5, 5.41) is 14.7. The molecule has 1 aromatic rings. The van der Waals surface area contributed by atoms with Crippen molar-refractivity contribution in [3.8, 4) is 0 Å². The lowest BCUT2D eigenvalue weighted by molar-refractivity contribution is -0.122. The highest BCUT2D eigenvalue weighted by molar-refractivity contribution is 9.10. The highest BCUT2D eigenvalue weighted by Gasteiger charge is 2.42. The van der Waals surface area contributed by atoms with E-state index in [4.69, 9.17) is 4.74 Å². The summed E-state index contributed by atoms with van der Waals surface area (Å²) in [5.41, 5.74) is 0.185. The van der Waals surface area contributed by atoms with Crippen LogP contribution in [0, 0.1) is 0 Å². The summed E-state index contributed by atoms with van der Waals surface area (Å²) < 4.78 is 6.42. The average Bonchev–Trinajstić information content (AvgIpc) is 2.66. The number of hydrogen-bond donors (Lipinski definition) is 1. The summed E-state index contributed by atoms with van der Waals surface area (Å²) in [7, 11) is 1.68. The van der Waals surface area contributed by atoms with Crippen molar-refractivity contribution in [3.05, 3.63) is 20.8 Å². The van der Waals surface area contributed by atoms with Gasteiger partial charge in [0.1, 0.15) is 5.60 Å². The summed E-state index contributed by atoms with van der Waals surface area (Å²) in [6.07, 6.45) is 3.87. The molecule has 1 aliphatic rings. The van der Waals surface area contributed by atoms with E-state index in [-0.39, 0.29) is 6.10 Å². The number of thiophene rings is 1. The van der Waals surface area contributed by atoms with Crippen molar-refractivity contribution in [2.75, 3.05) is 7.11 Å². The van der Waals surface area contributed by atoms with E-state index in [1.807, 2.05) is 10.8 Å². The van der Waals surface area contributed by atoms with E-state index in [0.29, 0.717) is 0 Å². The maximum atomic E-state index is 10.7. The smallest absolute Gasteiger partial charge is 0.118 e. The molecule has 0 saturated heterocycles. The van der Waals surface area contributed by atoms with E-state index in [2.05, 4.69) is 15.9 Å². The molecule has 0 bridgehead atoms. The Morgan fingerprint density at radius 3 is 2.93 bits per heavy atom. The molecule has 2 nitrogen and oxygen atoms in total. The van der Waals surface area contributed by atoms with Crippen LogP contribution in [0.15, 0.2) is 15.2 Å². The fourth-order valence-corrected chi connectivity index (χ4v) is 4.05. The normalized spacial score (nSPS) is 31.8. The Bertz CT molecular complexity index is 339. The highest BCUT2D eigenvalue weighted by Crippen LogP contribution is 2.42. The third kappa shape index (κ3) is 2.00. The molecular formula is C11H15BrO2S. The van der Waals surface area contributed by atoms with E-state index in [9.17, 15) is 5.11 Å². The molecule has 1 heterocycles. The van der Waals surface area contributed by atoms with E-state index in [0.717, 1.165) is 35.7 Å². The summed E-state index contributed by atoms with van der Waals surface area (Å²) in [6.45, 7) is 0.